The molecule has 0 saturated heterocycles. The van der Waals surface area contributed by atoms with Gasteiger partial charge in [-0.2, -0.15) is 8.42 Å². The maximum atomic E-state index is 10.4. The number of carbonyl (C=O) groups is 1. The normalized spacial score (nSPS) is 12.0. The molecule has 0 bridgehead atoms. The summed E-state index contributed by atoms with van der Waals surface area (Å²) in [5.41, 5.74) is 0. The molecular weight excluding hydrogens is 260 g/mol. The number of rotatable bonds is 3. The van der Waals surface area contributed by atoms with Crippen LogP contribution in [0.15, 0.2) is 35.2 Å². The lowest BCUT2D eigenvalue weighted by Crippen LogP contribution is -2.18. The maximum Gasteiger partial charge on any atom is 0.334 e. The number of carbonyl (C=O) groups excluding carboxylic acids is 1. The Morgan fingerprint density at radius 1 is 1.33 bits per heavy atom. The molecule has 0 aliphatic heterocycles. The summed E-state index contributed by atoms with van der Waals surface area (Å²) in [5.74, 6) is -0.562. The van der Waals surface area contributed by atoms with E-state index in [4.69, 9.17) is 9.66 Å². The lowest BCUT2D eigenvalue weighted by Gasteiger charge is -2.01. The lowest BCUT2D eigenvalue weighted by molar-refractivity contribution is -0.151. The summed E-state index contributed by atoms with van der Waals surface area (Å²) in [6.45, 7) is 3.39. The van der Waals surface area contributed by atoms with Gasteiger partial charge in [0.15, 0.2) is 0 Å². The van der Waals surface area contributed by atoms with E-state index in [0.29, 0.717) is 6.61 Å². The van der Waals surface area contributed by atoms with Crippen LogP contribution in [0.2, 0.25) is 0 Å². The van der Waals surface area contributed by atoms with Crippen LogP contribution in [0, 0.1) is 0 Å². The van der Waals surface area contributed by atoms with Gasteiger partial charge in [0, 0.05) is 0 Å². The van der Waals surface area contributed by atoms with Crippen LogP contribution >= 0.6 is 0 Å². The van der Waals surface area contributed by atoms with Crippen molar-refractivity contribution in [1.29, 1.82) is 0 Å². The van der Waals surface area contributed by atoms with Crippen LogP contribution < -0.4 is 0 Å². The number of aliphatic hydroxyl groups excluding tert-OH is 1. The molecule has 0 fully saturated rings. The van der Waals surface area contributed by atoms with Crippen molar-refractivity contribution >= 4 is 16.1 Å². The van der Waals surface area contributed by atoms with Crippen LogP contribution in [0.5, 0.6) is 0 Å². The molecule has 1 atom stereocenters. The van der Waals surface area contributed by atoms with E-state index in [2.05, 4.69) is 4.74 Å². The van der Waals surface area contributed by atoms with Crippen LogP contribution in [0.1, 0.15) is 13.8 Å². The Morgan fingerprint density at radius 2 is 1.83 bits per heavy atom. The van der Waals surface area contributed by atoms with Crippen LogP contribution in [-0.4, -0.2) is 36.8 Å². The average molecular weight is 276 g/mol. The fourth-order valence-electron chi connectivity index (χ4n) is 0.855. The molecule has 0 radical (unpaired) electrons. The minimum Gasteiger partial charge on any atom is -0.464 e. The Labute approximate surface area is 106 Å². The largest absolute Gasteiger partial charge is 0.464 e. The summed E-state index contributed by atoms with van der Waals surface area (Å²) in [7, 11) is -4.00. The molecule has 0 amide bonds. The number of aliphatic hydroxyl groups is 1. The van der Waals surface area contributed by atoms with Gasteiger partial charge in [0.25, 0.3) is 10.1 Å². The molecule has 1 aromatic rings. The van der Waals surface area contributed by atoms with Crippen LogP contribution in [0.25, 0.3) is 0 Å². The van der Waals surface area contributed by atoms with E-state index in [1.807, 2.05) is 0 Å². The highest BCUT2D eigenvalue weighted by Crippen LogP contribution is 2.05. The quantitative estimate of drug-likeness (QED) is 0.627. The molecule has 0 heterocycles. The maximum absolute atomic E-state index is 10.4. The van der Waals surface area contributed by atoms with Gasteiger partial charge in [-0.1, -0.05) is 18.2 Å². The van der Waals surface area contributed by atoms with E-state index in [9.17, 15) is 13.2 Å². The number of esters is 1. The minimum atomic E-state index is -4.00. The van der Waals surface area contributed by atoms with Crippen molar-refractivity contribution in [3.05, 3.63) is 30.3 Å². The fraction of sp³-hybridized carbons (Fsp3) is 0.364. The van der Waals surface area contributed by atoms with Crippen LogP contribution in [0.4, 0.5) is 0 Å². The second-order valence-corrected chi connectivity index (χ2v) is 4.64. The van der Waals surface area contributed by atoms with E-state index in [1.54, 1.807) is 25.1 Å². The van der Waals surface area contributed by atoms with Gasteiger partial charge >= 0.3 is 5.97 Å². The van der Waals surface area contributed by atoms with Gasteiger partial charge in [-0.3, -0.25) is 4.55 Å². The first-order valence-corrected chi connectivity index (χ1v) is 6.60. The van der Waals surface area contributed by atoms with Gasteiger partial charge in [0.2, 0.25) is 0 Å². The summed E-state index contributed by atoms with van der Waals surface area (Å²) < 4.78 is 33.7. The summed E-state index contributed by atoms with van der Waals surface area (Å²) >= 11 is 0. The van der Waals surface area contributed by atoms with Gasteiger partial charge in [0.05, 0.1) is 11.5 Å². The molecule has 18 heavy (non-hydrogen) atoms. The smallest absolute Gasteiger partial charge is 0.334 e. The number of benzene rings is 1. The molecule has 7 heteroatoms. The molecular formula is C11H16O6S. The van der Waals surface area contributed by atoms with Crippen LogP contribution in [-0.2, 0) is 19.6 Å². The zero-order valence-electron chi connectivity index (χ0n) is 10.1. The van der Waals surface area contributed by atoms with Crippen molar-refractivity contribution in [2.75, 3.05) is 6.61 Å². The zero-order chi connectivity index (χ0) is 14.2. The standard InChI is InChI=1S/C6H6O3S.C5H10O3/c7-10(8,9)6-4-2-1-3-5-6;1-3-8-5(7)4(2)6/h1-5H,(H,7,8,9);4,6H,3H2,1-2H3. The second kappa shape index (κ2) is 7.80. The summed E-state index contributed by atoms with van der Waals surface area (Å²) in [6, 6.07) is 7.42. The molecule has 0 aliphatic carbocycles. The Morgan fingerprint density at radius 3 is 2.06 bits per heavy atom. The van der Waals surface area contributed by atoms with E-state index < -0.39 is 22.2 Å². The van der Waals surface area contributed by atoms with Crippen LogP contribution in [0.3, 0.4) is 0 Å². The van der Waals surface area contributed by atoms with Gasteiger partial charge < -0.3 is 9.84 Å². The molecule has 0 aromatic heterocycles. The molecule has 102 valence electrons. The van der Waals surface area contributed by atoms with Crippen molar-refractivity contribution in [3.63, 3.8) is 0 Å². The van der Waals surface area contributed by atoms with Crippen molar-refractivity contribution in [2.45, 2.75) is 24.8 Å². The van der Waals surface area contributed by atoms with Crippen molar-refractivity contribution in [2.24, 2.45) is 0 Å². The fourth-order valence-corrected chi connectivity index (χ4v) is 1.36. The predicted molar refractivity (Wildman–Crippen MR) is 64.6 cm³/mol. The molecule has 1 rings (SSSR count). The highest BCUT2D eigenvalue weighted by Gasteiger charge is 2.07. The molecule has 1 aromatic carbocycles. The summed E-state index contributed by atoms with van der Waals surface area (Å²) in [6.07, 6.45) is -0.991. The lowest BCUT2D eigenvalue weighted by atomic mass is 10.4. The number of ether oxygens (including phenoxy) is 1. The first-order chi connectivity index (χ1) is 8.29. The Balaban J connectivity index is 0.000000331. The molecule has 0 aliphatic rings. The third-order valence-electron chi connectivity index (χ3n) is 1.67. The van der Waals surface area contributed by atoms with E-state index in [1.165, 1.54) is 19.1 Å². The summed E-state index contributed by atoms with van der Waals surface area (Å²) in [4.78, 5) is 10.2. The van der Waals surface area contributed by atoms with E-state index in [-0.39, 0.29) is 4.90 Å². The van der Waals surface area contributed by atoms with Gasteiger partial charge in [-0.05, 0) is 26.0 Å². The minimum absolute atomic E-state index is 0.0741. The number of hydrogen-bond donors (Lipinski definition) is 2. The first kappa shape index (κ1) is 16.6. The molecule has 6 nitrogen and oxygen atoms in total. The second-order valence-electron chi connectivity index (χ2n) is 3.22. The number of hydrogen-bond acceptors (Lipinski definition) is 5. The summed E-state index contributed by atoms with van der Waals surface area (Å²) in [5, 5.41) is 8.48. The van der Waals surface area contributed by atoms with Crippen molar-refractivity contribution in [3.8, 4) is 0 Å². The highest BCUT2D eigenvalue weighted by atomic mass is 32.2. The molecule has 0 spiro atoms. The van der Waals surface area contributed by atoms with E-state index in [0.717, 1.165) is 0 Å². The van der Waals surface area contributed by atoms with Gasteiger partial charge in [-0.25, -0.2) is 4.79 Å². The Hall–Kier alpha value is -1.44. The van der Waals surface area contributed by atoms with Gasteiger partial charge in [0.1, 0.15) is 6.10 Å². The topological polar surface area (TPSA) is 101 Å². The zero-order valence-corrected chi connectivity index (χ0v) is 10.9. The SMILES string of the molecule is CCOC(=O)C(C)O.O=S(=O)(O)c1ccccc1. The molecule has 0 saturated carbocycles. The molecule has 1 unspecified atom stereocenters. The third kappa shape index (κ3) is 7.00. The third-order valence-corrected chi connectivity index (χ3v) is 2.54. The van der Waals surface area contributed by atoms with Gasteiger partial charge in [-0.15, -0.1) is 0 Å². The van der Waals surface area contributed by atoms with Crippen molar-refractivity contribution in [1.82, 2.24) is 0 Å². The monoisotopic (exact) mass is 276 g/mol. The van der Waals surface area contributed by atoms with Crippen molar-refractivity contribution < 1.29 is 27.6 Å². The van der Waals surface area contributed by atoms with E-state index >= 15 is 0 Å². The average Bonchev–Trinajstić information content (AvgIpc) is 2.30. The predicted octanol–water partition coefficient (Wildman–Crippen LogP) is 0.864. The first-order valence-electron chi connectivity index (χ1n) is 5.16. The molecule has 2 N–H and O–H groups in total. The highest BCUT2D eigenvalue weighted by molar-refractivity contribution is 7.85. The Bertz CT molecular complexity index is 452. The Kier molecular flexibility index (Phi) is 7.18.